The highest BCUT2D eigenvalue weighted by molar-refractivity contribution is 7.12. The molecule has 8 aliphatic rings. The summed E-state index contributed by atoms with van der Waals surface area (Å²) >= 11 is 5.32. The van der Waals surface area contributed by atoms with E-state index in [1.54, 1.807) is 85.8 Å². The average molecular weight is 2050 g/mol. The number of ether oxygens (including phenoxy) is 12. The molecule has 0 unspecified atom stereocenters. The second kappa shape index (κ2) is 53.3. The van der Waals surface area contributed by atoms with Crippen molar-refractivity contribution in [3.8, 4) is 0 Å². The van der Waals surface area contributed by atoms with Gasteiger partial charge in [-0.25, -0.2) is 74.2 Å². The van der Waals surface area contributed by atoms with Crippen molar-refractivity contribution >= 4 is 118 Å². The summed E-state index contributed by atoms with van der Waals surface area (Å²) < 4.78 is 178. The van der Waals surface area contributed by atoms with Gasteiger partial charge in [-0.3, -0.25) is 58.7 Å². The smallest absolute Gasteiger partial charge is 0.338 e. The Morgan fingerprint density at radius 1 is 0.366 bits per heavy atom. The number of hydrogen-bond acceptors (Lipinski definition) is 40. The van der Waals surface area contributed by atoms with Gasteiger partial charge in [0.15, 0.2) is 78.3 Å². The Hall–Kier alpha value is -12.9. The number of nitrogens with zero attached hydrogens (tertiary/aromatic N) is 12. The molecular weight excluding hydrogens is 1950 g/mol. The van der Waals surface area contributed by atoms with Gasteiger partial charge in [0, 0.05) is 196 Å². The van der Waals surface area contributed by atoms with Crippen molar-refractivity contribution in [1.82, 2.24) is 60.8 Å². The molecule has 8 atom stereocenters. The third-order valence-electron chi connectivity index (χ3n) is 22.9. The van der Waals surface area contributed by atoms with Crippen LogP contribution < -0.4 is 21.3 Å². The average Bonchev–Trinajstić information content (AvgIpc) is 1.05. The summed E-state index contributed by atoms with van der Waals surface area (Å²) in [5, 5.41) is 22.1. The van der Waals surface area contributed by atoms with Crippen LogP contribution in [0.2, 0.25) is 0 Å². The first-order chi connectivity index (χ1) is 69.0. The molecule has 0 spiro atoms. The monoisotopic (exact) mass is 2050 g/mol. The standard InChI is InChI=1S/C24H25F3N4O5S.C24H27FN4O5S.C23H23F3N4O5S.C23H25FN4O5S/c1-2-35-24(33)18-17(12-31-7-9-36-14(11-31)5-8-34-13-32)29-22(23-28-6-10-37-23)30-21(18)15-3-4-16(25)20(27)19(15)26;1-2-33-24(31)20-19(14-29-9-11-34-16(13-29)7-10-32-15-30)27-22(23-26-8-12-35-23)28-21(20)17-5-3-4-6-18(17)25;1-33-23(32)17-16(11-30-6-8-35-13(10-30)4-7-34-12-31)28-21(22-27-5-9-36-22)29-20(17)14-2-3-15(24)19(26)18(14)25;1-31-23(30)19-18(13-28-8-10-33-15(12-28)6-9-32-14-29)26-21(22-25-7-11-34-22)27-20(19)16-4-2-3-5-17(16)24/h3-4,6,10,13-14,21H,2,5,7-9,11-12H2,1H3,(H,29,30);3-6,8,12,15-16,21H,2,7,9-11,13-14H2,1H3,(H,27,28);2-3,5,9,12-13,20H,4,6-8,10-11H2,1H3,(H,28,29);2-5,7,11,14-15,20H,6,8-10,12-13H2,1H3,(H,26,27)/t14-,21+;16-,21+;13-,20+;15-,20+/m1111/s1. The number of carbonyl (C=O) groups is 8. The lowest BCUT2D eigenvalue weighted by atomic mass is 9.94. The first-order valence-electron chi connectivity index (χ1n) is 44.8. The summed E-state index contributed by atoms with van der Waals surface area (Å²) in [6.45, 7) is 13.5. The van der Waals surface area contributed by atoms with Crippen LogP contribution in [0.15, 0.2) is 184 Å². The van der Waals surface area contributed by atoms with E-state index in [-0.39, 0.29) is 133 Å². The Kier molecular flexibility index (Phi) is 39.9. The number of esters is 4. The highest BCUT2D eigenvalue weighted by atomic mass is 32.1. The number of halogens is 8. The normalized spacial score (nSPS) is 20.6. The van der Waals surface area contributed by atoms with Crippen molar-refractivity contribution in [2.24, 2.45) is 20.0 Å². The molecule has 142 heavy (non-hydrogen) atoms. The predicted molar refractivity (Wildman–Crippen MR) is 500 cm³/mol. The third-order valence-corrected chi connectivity index (χ3v) is 26.0. The number of benzene rings is 4. The van der Waals surface area contributed by atoms with E-state index in [0.29, 0.717) is 198 Å². The zero-order valence-corrected chi connectivity index (χ0v) is 80.3. The maximum absolute atomic E-state index is 15.0. The quantitative estimate of drug-likeness (QED) is 0.00698. The van der Waals surface area contributed by atoms with E-state index in [9.17, 15) is 73.5 Å². The van der Waals surface area contributed by atoms with Gasteiger partial charge >= 0.3 is 23.9 Å². The van der Waals surface area contributed by atoms with Crippen molar-refractivity contribution in [3.05, 3.63) is 253 Å². The minimum Gasteiger partial charge on any atom is -0.468 e. The van der Waals surface area contributed by atoms with E-state index in [4.69, 9.17) is 61.8 Å². The molecule has 48 heteroatoms. The van der Waals surface area contributed by atoms with Crippen molar-refractivity contribution in [2.45, 2.75) is 88.1 Å². The molecule has 4 N–H and O–H groups in total. The van der Waals surface area contributed by atoms with Crippen LogP contribution in [0.4, 0.5) is 35.1 Å². The fourth-order valence-corrected chi connectivity index (χ4v) is 18.7. The molecule has 16 rings (SSSR count). The largest absolute Gasteiger partial charge is 0.468 e. The Labute approximate surface area is 824 Å². The molecule has 8 aliphatic heterocycles. The van der Waals surface area contributed by atoms with Gasteiger partial charge in [0.05, 0.1) is 127 Å². The number of morpholine rings is 4. The SMILES string of the molecule is CCOC(=O)C1=C(CN2CCO[C@H](CCOC=O)C2)NC(c2nccs2)=N[C@H]1c1ccc(F)c(F)c1F.CCOC(=O)C1=C(CN2CCO[C@H](CCOC=O)C2)NC(c2nccs2)=N[C@H]1c1ccccc1F.COC(=O)C1=C(CN2CCO[C@H](CCOC=O)C2)NC(c2nccs2)=N[C@H]1c1ccc(F)c(F)c1F.COC(=O)C1=C(CN2CCO[C@H](CCOC=O)C2)NC(c2nccs2)=N[C@H]1c1ccccc1F. The van der Waals surface area contributed by atoms with Crippen LogP contribution >= 0.6 is 45.3 Å². The van der Waals surface area contributed by atoms with E-state index in [1.807, 2.05) is 20.6 Å². The molecule has 0 aliphatic carbocycles. The molecule has 4 aromatic heterocycles. The molecule has 0 amide bonds. The predicted octanol–water partition coefficient (Wildman–Crippen LogP) is 9.59. The number of nitrogens with one attached hydrogen (secondary N) is 4. The fraction of sp³-hybridized carbons (Fsp3) is 0.404. The number of rotatable bonds is 38. The highest BCUT2D eigenvalue weighted by Crippen LogP contribution is 2.41. The maximum Gasteiger partial charge on any atom is 0.338 e. The second-order valence-electron chi connectivity index (χ2n) is 31.9. The highest BCUT2D eigenvalue weighted by Gasteiger charge is 2.43. The van der Waals surface area contributed by atoms with Crippen LogP contribution in [0.5, 0.6) is 0 Å². The number of amidine groups is 4. The van der Waals surface area contributed by atoms with Crippen molar-refractivity contribution in [1.29, 1.82) is 0 Å². The number of aliphatic imine (C=N–C) groups is 4. The Morgan fingerprint density at radius 2 is 0.634 bits per heavy atom. The van der Waals surface area contributed by atoms with Crippen molar-refractivity contribution < 1.29 is 130 Å². The number of hydrogen-bond donors (Lipinski definition) is 4. The number of carbonyl (C=O) groups excluding carboxylic acids is 8. The molecule has 8 aromatic rings. The lowest BCUT2D eigenvalue weighted by Crippen LogP contribution is -2.46. The van der Waals surface area contributed by atoms with E-state index in [2.05, 4.69) is 66.0 Å². The molecular formula is C94H100F8N16O20S4. The molecule has 36 nitrogen and oxygen atoms in total. The summed E-state index contributed by atoms with van der Waals surface area (Å²) in [6, 6.07) is 11.9. The van der Waals surface area contributed by atoms with Gasteiger partial charge in [-0.15, -0.1) is 45.3 Å². The molecule has 4 aromatic carbocycles. The van der Waals surface area contributed by atoms with Gasteiger partial charge < -0.3 is 78.1 Å². The van der Waals surface area contributed by atoms with E-state index in [0.717, 1.165) is 24.3 Å². The van der Waals surface area contributed by atoms with Crippen LogP contribution in [-0.2, 0) is 95.2 Å². The van der Waals surface area contributed by atoms with Crippen LogP contribution in [0.3, 0.4) is 0 Å². The van der Waals surface area contributed by atoms with Gasteiger partial charge in [-0.1, -0.05) is 48.5 Å². The second-order valence-corrected chi connectivity index (χ2v) is 35.4. The number of methoxy groups -OCH3 is 2. The molecule has 0 saturated carbocycles. The zero-order chi connectivity index (χ0) is 101. The summed E-state index contributed by atoms with van der Waals surface area (Å²) in [5.41, 5.74) is 2.31. The first kappa shape index (κ1) is 106. The third kappa shape index (κ3) is 27.9. The molecule has 0 bridgehead atoms. The minimum atomic E-state index is -1.66. The summed E-state index contributed by atoms with van der Waals surface area (Å²) in [4.78, 5) is 138. The van der Waals surface area contributed by atoms with Gasteiger partial charge in [-0.2, -0.15) is 0 Å². The molecule has 756 valence electrons. The Balaban J connectivity index is 0.000000159. The topological polar surface area (TPSA) is 409 Å². The lowest BCUT2D eigenvalue weighted by molar-refractivity contribution is -0.139. The van der Waals surface area contributed by atoms with Gasteiger partial charge in [0.25, 0.3) is 25.9 Å². The Morgan fingerprint density at radius 3 is 0.880 bits per heavy atom. The van der Waals surface area contributed by atoms with Gasteiger partial charge in [0.1, 0.15) is 35.8 Å². The van der Waals surface area contributed by atoms with E-state index < -0.39 is 94.6 Å². The zero-order valence-electron chi connectivity index (χ0n) is 77.0. The molecule has 4 fully saturated rings. The first-order valence-corrected chi connectivity index (χ1v) is 48.3. The summed E-state index contributed by atoms with van der Waals surface area (Å²) in [7, 11) is 2.46. The molecule has 0 radical (unpaired) electrons. The number of aromatic nitrogens is 4. The van der Waals surface area contributed by atoms with Crippen LogP contribution in [0, 0.1) is 46.5 Å². The van der Waals surface area contributed by atoms with Crippen LogP contribution in [0.25, 0.3) is 0 Å². The lowest BCUT2D eigenvalue weighted by Gasteiger charge is -2.35. The Bertz CT molecular complexity index is 5950. The summed E-state index contributed by atoms with van der Waals surface area (Å²) in [5.74, 6) is -11.0. The fourth-order valence-electron chi connectivity index (χ4n) is 16.4. The molecule has 4 saturated heterocycles. The van der Waals surface area contributed by atoms with Crippen molar-refractivity contribution in [3.63, 3.8) is 0 Å². The van der Waals surface area contributed by atoms with Crippen molar-refractivity contribution in [2.75, 3.05) is 159 Å². The van der Waals surface area contributed by atoms with E-state index in [1.165, 1.54) is 71.7 Å². The van der Waals surface area contributed by atoms with Crippen LogP contribution in [-0.4, -0.2) is 296 Å². The van der Waals surface area contributed by atoms with Gasteiger partial charge in [-0.05, 0) is 38.1 Å². The minimum absolute atomic E-state index is 0.0144. The summed E-state index contributed by atoms with van der Waals surface area (Å²) in [6.07, 6.45) is 7.90. The molecule has 12 heterocycles. The number of thiazole rings is 4. The van der Waals surface area contributed by atoms with Crippen LogP contribution in [0.1, 0.15) is 106 Å². The maximum atomic E-state index is 15.0. The van der Waals surface area contributed by atoms with Gasteiger partial charge in [0.2, 0.25) is 0 Å². The van der Waals surface area contributed by atoms with E-state index >= 15 is 0 Å².